The van der Waals surface area contributed by atoms with E-state index < -0.39 is 0 Å². The van der Waals surface area contributed by atoms with Crippen molar-refractivity contribution in [2.45, 2.75) is 6.54 Å². The molecule has 0 bridgehead atoms. The number of hydrogen-bond donors (Lipinski definition) is 0. The number of rotatable bonds is 4. The van der Waals surface area contributed by atoms with Gasteiger partial charge in [0, 0.05) is 3.57 Å². The van der Waals surface area contributed by atoms with Crippen molar-refractivity contribution in [3.8, 4) is 0 Å². The van der Waals surface area contributed by atoms with E-state index in [1.54, 1.807) is 4.57 Å². The minimum atomic E-state index is -0.0184. The van der Waals surface area contributed by atoms with Gasteiger partial charge in [-0.25, -0.2) is 4.98 Å². The molecule has 0 aliphatic rings. The van der Waals surface area contributed by atoms with Gasteiger partial charge in [0.05, 0.1) is 17.4 Å². The second kappa shape index (κ2) is 7.88. The highest BCUT2D eigenvalue weighted by molar-refractivity contribution is 14.1. The summed E-state index contributed by atoms with van der Waals surface area (Å²) in [6.07, 6.45) is 3.90. The number of hydrogen-bond acceptors (Lipinski definition) is 2. The number of aromatic nitrogens is 2. The topological polar surface area (TPSA) is 34.9 Å². The minimum absolute atomic E-state index is 0.0184. The molecule has 4 aromatic rings. The lowest BCUT2D eigenvalue weighted by Crippen LogP contribution is -2.24. The van der Waals surface area contributed by atoms with Crippen molar-refractivity contribution in [3.05, 3.63) is 110 Å². The summed E-state index contributed by atoms with van der Waals surface area (Å²) in [6, 6.07) is 25.8. The molecule has 0 aliphatic carbocycles. The molecule has 27 heavy (non-hydrogen) atoms. The number of benzene rings is 3. The first kappa shape index (κ1) is 17.7. The Labute approximate surface area is 171 Å². The van der Waals surface area contributed by atoms with Crippen molar-refractivity contribution < 1.29 is 0 Å². The van der Waals surface area contributed by atoms with Crippen LogP contribution in [0.3, 0.4) is 0 Å². The highest BCUT2D eigenvalue weighted by Crippen LogP contribution is 2.15. The van der Waals surface area contributed by atoms with Gasteiger partial charge in [0.2, 0.25) is 0 Å². The standard InChI is InChI=1S/C23H17IN2O/c24-19-12-13-21-20(15-19)23(27)26(16-18-9-5-2-6-10-18)22(25-21)14-11-17-7-3-1-4-8-17/h1-15H,16H2. The van der Waals surface area contributed by atoms with E-state index in [2.05, 4.69) is 22.6 Å². The van der Waals surface area contributed by atoms with Gasteiger partial charge in [0.15, 0.2) is 0 Å². The molecule has 3 nitrogen and oxygen atoms in total. The predicted octanol–water partition coefficient (Wildman–Crippen LogP) is 5.22. The Kier molecular flexibility index (Phi) is 5.16. The maximum absolute atomic E-state index is 13.2. The van der Waals surface area contributed by atoms with Gasteiger partial charge in [-0.1, -0.05) is 66.7 Å². The Bertz CT molecular complexity index is 1170. The molecule has 0 aliphatic heterocycles. The number of nitrogens with zero attached hydrogens (tertiary/aromatic N) is 2. The van der Waals surface area contributed by atoms with Crippen LogP contribution in [0.15, 0.2) is 83.7 Å². The van der Waals surface area contributed by atoms with E-state index in [9.17, 15) is 4.79 Å². The van der Waals surface area contributed by atoms with Crippen LogP contribution in [0.25, 0.3) is 23.1 Å². The van der Waals surface area contributed by atoms with Gasteiger partial charge in [-0.2, -0.15) is 0 Å². The van der Waals surface area contributed by atoms with Crippen LogP contribution in [0.4, 0.5) is 0 Å². The molecule has 0 atom stereocenters. The summed E-state index contributed by atoms with van der Waals surface area (Å²) >= 11 is 2.22. The first-order valence-electron chi connectivity index (χ1n) is 8.68. The van der Waals surface area contributed by atoms with E-state index >= 15 is 0 Å². The second-order valence-electron chi connectivity index (χ2n) is 6.25. The van der Waals surface area contributed by atoms with Crippen molar-refractivity contribution in [3.63, 3.8) is 0 Å². The summed E-state index contributed by atoms with van der Waals surface area (Å²) in [7, 11) is 0. The van der Waals surface area contributed by atoms with Gasteiger partial charge in [-0.15, -0.1) is 0 Å². The smallest absolute Gasteiger partial charge is 0.261 e. The zero-order valence-electron chi connectivity index (χ0n) is 14.5. The van der Waals surface area contributed by atoms with Crippen molar-refractivity contribution in [2.75, 3.05) is 0 Å². The lowest BCUT2D eigenvalue weighted by molar-refractivity contribution is 0.738. The Morgan fingerprint density at radius 1 is 0.889 bits per heavy atom. The first-order chi connectivity index (χ1) is 13.2. The van der Waals surface area contributed by atoms with Gasteiger partial charge in [-0.3, -0.25) is 9.36 Å². The average Bonchev–Trinajstić information content (AvgIpc) is 2.71. The van der Waals surface area contributed by atoms with Crippen LogP contribution in [0.1, 0.15) is 17.0 Å². The van der Waals surface area contributed by atoms with E-state index in [1.165, 1.54) is 0 Å². The summed E-state index contributed by atoms with van der Waals surface area (Å²) in [5, 5.41) is 0.648. The van der Waals surface area contributed by atoms with Crippen LogP contribution in [-0.2, 0) is 6.54 Å². The van der Waals surface area contributed by atoms with E-state index in [0.29, 0.717) is 17.8 Å². The quantitative estimate of drug-likeness (QED) is 0.389. The Hall–Kier alpha value is -2.73. The predicted molar refractivity (Wildman–Crippen MR) is 120 cm³/mol. The summed E-state index contributed by atoms with van der Waals surface area (Å²) in [5.41, 5.74) is 2.84. The zero-order chi connectivity index (χ0) is 18.6. The molecule has 132 valence electrons. The lowest BCUT2D eigenvalue weighted by Gasteiger charge is -2.12. The van der Waals surface area contributed by atoms with Crippen LogP contribution in [-0.4, -0.2) is 9.55 Å². The van der Waals surface area contributed by atoms with Crippen LogP contribution in [0, 0.1) is 3.57 Å². The molecule has 1 heterocycles. The Balaban J connectivity index is 1.87. The second-order valence-corrected chi connectivity index (χ2v) is 7.50. The largest absolute Gasteiger partial charge is 0.288 e. The maximum Gasteiger partial charge on any atom is 0.261 e. The van der Waals surface area contributed by atoms with Crippen molar-refractivity contribution in [1.82, 2.24) is 9.55 Å². The van der Waals surface area contributed by atoms with Crippen LogP contribution in [0.5, 0.6) is 0 Å². The monoisotopic (exact) mass is 464 g/mol. The van der Waals surface area contributed by atoms with Crippen LogP contribution in [0.2, 0.25) is 0 Å². The van der Waals surface area contributed by atoms with Crippen molar-refractivity contribution >= 4 is 45.6 Å². The van der Waals surface area contributed by atoms with Crippen molar-refractivity contribution in [2.24, 2.45) is 0 Å². The van der Waals surface area contributed by atoms with E-state index in [4.69, 9.17) is 4.98 Å². The van der Waals surface area contributed by atoms with Gasteiger partial charge >= 0.3 is 0 Å². The summed E-state index contributed by atoms with van der Waals surface area (Å²) in [6.45, 7) is 0.489. The molecule has 4 rings (SSSR count). The zero-order valence-corrected chi connectivity index (χ0v) is 16.7. The molecule has 0 N–H and O–H groups in total. The molecule has 0 unspecified atom stereocenters. The van der Waals surface area contributed by atoms with Crippen molar-refractivity contribution in [1.29, 1.82) is 0 Å². The van der Waals surface area contributed by atoms with E-state index in [-0.39, 0.29) is 5.56 Å². The average molecular weight is 464 g/mol. The fraction of sp³-hybridized carbons (Fsp3) is 0.0435. The molecule has 3 aromatic carbocycles. The Morgan fingerprint density at radius 3 is 2.33 bits per heavy atom. The van der Waals surface area contributed by atoms with Crippen LogP contribution < -0.4 is 5.56 Å². The molecule has 0 amide bonds. The molecule has 0 spiro atoms. The SMILES string of the molecule is O=c1c2cc(I)ccc2nc(C=Cc2ccccc2)n1Cc1ccccc1. The summed E-state index contributed by atoms with van der Waals surface area (Å²) < 4.78 is 2.77. The normalized spacial score (nSPS) is 11.3. The fourth-order valence-corrected chi connectivity index (χ4v) is 3.48. The highest BCUT2D eigenvalue weighted by Gasteiger charge is 2.10. The third-order valence-electron chi connectivity index (χ3n) is 4.35. The Morgan fingerprint density at radius 2 is 1.59 bits per heavy atom. The maximum atomic E-state index is 13.2. The van der Waals surface area contributed by atoms with Crippen LogP contribution >= 0.6 is 22.6 Å². The molecule has 1 aromatic heterocycles. The third-order valence-corrected chi connectivity index (χ3v) is 5.02. The first-order valence-corrected chi connectivity index (χ1v) is 9.76. The molecule has 0 radical (unpaired) electrons. The molecular weight excluding hydrogens is 447 g/mol. The van der Waals surface area contributed by atoms with Gasteiger partial charge in [-0.05, 0) is 58.0 Å². The summed E-state index contributed by atoms with van der Waals surface area (Å²) in [4.78, 5) is 18.0. The van der Waals surface area contributed by atoms with Gasteiger partial charge in [0.25, 0.3) is 5.56 Å². The molecular formula is C23H17IN2O. The molecule has 0 saturated heterocycles. The molecule has 4 heteroatoms. The number of halogens is 1. The molecule has 0 fully saturated rings. The summed E-state index contributed by atoms with van der Waals surface area (Å²) in [5.74, 6) is 0.654. The van der Waals surface area contributed by atoms with Gasteiger partial charge in [0.1, 0.15) is 5.82 Å². The van der Waals surface area contributed by atoms with E-state index in [1.807, 2.05) is 91.0 Å². The number of fused-ring (bicyclic) bond motifs is 1. The highest BCUT2D eigenvalue weighted by atomic mass is 127. The fourth-order valence-electron chi connectivity index (χ4n) is 2.99. The van der Waals surface area contributed by atoms with E-state index in [0.717, 1.165) is 20.2 Å². The minimum Gasteiger partial charge on any atom is -0.288 e. The lowest BCUT2D eigenvalue weighted by atomic mass is 10.2. The van der Waals surface area contributed by atoms with Gasteiger partial charge < -0.3 is 0 Å². The third kappa shape index (κ3) is 4.01. The molecule has 0 saturated carbocycles.